The molecule has 18 nitrogen and oxygen atoms in total. The summed E-state index contributed by atoms with van der Waals surface area (Å²) in [6.45, 7) is 12.4. The topological polar surface area (TPSA) is 243 Å². The van der Waals surface area contributed by atoms with Gasteiger partial charge < -0.3 is 24.5 Å². The summed E-state index contributed by atoms with van der Waals surface area (Å²) in [5.41, 5.74) is 1.85. The zero-order valence-corrected chi connectivity index (χ0v) is 40.1. The lowest BCUT2D eigenvalue weighted by Crippen LogP contribution is -2.35. The Balaban J connectivity index is 0.000000859. The van der Waals surface area contributed by atoms with Crippen molar-refractivity contribution in [3.05, 3.63) is 93.1 Å². The summed E-state index contributed by atoms with van der Waals surface area (Å²) in [6, 6.07) is 8.34. The molecule has 1 aromatic heterocycles. The first kappa shape index (κ1) is 59.4. The number of aliphatic carboxylic acids is 1. The highest BCUT2D eigenvalue weighted by Crippen LogP contribution is 2.32. The Labute approximate surface area is 388 Å². The van der Waals surface area contributed by atoms with Gasteiger partial charge in [-0.3, -0.25) is 33.9 Å². The SMILES string of the molecule is C=CCN(CC=C)C(=O)C(Cl)Cl.CCOCN(C(=O)CCl)c1c(C)cccc1CC.Cc1nn(-c2cc(NS(C)(=O)=O)c(Cl)cc2Cl)c(=O)n1C(F)F.O=C(O)CNCP(=O)(O)O. The number of rotatable bonds is 19. The minimum Gasteiger partial charge on any atom is -0.480 e. The van der Waals surface area contributed by atoms with E-state index in [1.165, 1.54) is 17.9 Å². The molecule has 354 valence electrons. The van der Waals surface area contributed by atoms with Crippen molar-refractivity contribution in [3.63, 3.8) is 0 Å². The van der Waals surface area contributed by atoms with Gasteiger partial charge >= 0.3 is 25.8 Å². The summed E-state index contributed by atoms with van der Waals surface area (Å²) in [5, 5.41) is 13.7. The van der Waals surface area contributed by atoms with Gasteiger partial charge in [-0.15, -0.1) is 29.9 Å². The van der Waals surface area contributed by atoms with Gasteiger partial charge in [-0.25, -0.2) is 17.8 Å². The lowest BCUT2D eigenvalue weighted by molar-refractivity contribution is -0.136. The fourth-order valence-corrected chi connectivity index (χ4v) is 6.71. The monoisotopic (exact) mass is 1030 g/mol. The van der Waals surface area contributed by atoms with Crippen molar-refractivity contribution in [2.75, 3.05) is 61.0 Å². The number of benzene rings is 2. The van der Waals surface area contributed by atoms with Crippen molar-refractivity contribution in [2.24, 2.45) is 0 Å². The molecule has 0 saturated heterocycles. The number of aryl methyl sites for hydroxylation is 3. The maximum absolute atomic E-state index is 12.8. The van der Waals surface area contributed by atoms with Crippen LogP contribution in [0.1, 0.15) is 37.3 Å². The standard InChI is InChI=1S/C14H20ClNO2.C11H10Cl2F2N4O3S.C8H11Cl2NO.C3H8NO5P/c1-4-12-8-6-7-11(3)14(12)16(10-18-5-2)13(17)9-15;1-5-16-19(11(20)18(5)10(14)15)9-4-8(17-23(2,21)22)6(12)3-7(9)13;1-3-5-11(6-4-2)8(12)7(9)10;5-3(6)1-4-2-10(7,8)9/h6-8H,4-5,9-10H2,1-3H3;3-4,10,17H,1-2H3;3-4,7H,1-2,5-6H2;4H,1-2H2,(H,5,6)(H2,7,8,9). The number of carbonyl (C=O) groups is 3. The van der Waals surface area contributed by atoms with Gasteiger partial charge in [0.05, 0.1) is 46.2 Å². The van der Waals surface area contributed by atoms with Crippen LogP contribution in [0.25, 0.3) is 5.69 Å². The number of carboxylic acids is 1. The van der Waals surface area contributed by atoms with E-state index in [0.717, 1.165) is 35.6 Å². The van der Waals surface area contributed by atoms with Crippen molar-refractivity contribution in [1.82, 2.24) is 24.6 Å². The first-order valence-corrected chi connectivity index (χ1v) is 23.8. The lowest BCUT2D eigenvalue weighted by atomic mass is 10.0. The van der Waals surface area contributed by atoms with E-state index < -0.39 is 53.5 Å². The van der Waals surface area contributed by atoms with Crippen LogP contribution < -0.4 is 20.6 Å². The highest BCUT2D eigenvalue weighted by Gasteiger charge is 2.22. The predicted octanol–water partition coefficient (Wildman–Crippen LogP) is 6.33. The largest absolute Gasteiger partial charge is 0.480 e. The molecule has 63 heavy (non-hydrogen) atoms. The van der Waals surface area contributed by atoms with Crippen molar-refractivity contribution >= 4 is 105 Å². The summed E-state index contributed by atoms with van der Waals surface area (Å²) < 4.78 is 66.7. The molecule has 0 fully saturated rings. The van der Waals surface area contributed by atoms with E-state index in [-0.39, 0.29) is 56.2 Å². The van der Waals surface area contributed by atoms with Crippen molar-refractivity contribution in [3.8, 4) is 5.69 Å². The van der Waals surface area contributed by atoms with E-state index in [0.29, 0.717) is 24.4 Å². The zero-order chi connectivity index (χ0) is 48.8. The summed E-state index contributed by atoms with van der Waals surface area (Å²) in [5.74, 6) is -1.86. The highest BCUT2D eigenvalue weighted by molar-refractivity contribution is 7.92. The predicted molar refractivity (Wildman–Crippen MR) is 243 cm³/mol. The van der Waals surface area contributed by atoms with E-state index in [1.807, 2.05) is 32.0 Å². The van der Waals surface area contributed by atoms with Crippen LogP contribution in [-0.4, -0.2) is 117 Å². The van der Waals surface area contributed by atoms with Crippen LogP contribution >= 0.6 is 65.6 Å². The molecule has 0 aliphatic carbocycles. The molecule has 0 unspecified atom stereocenters. The molecule has 2 amide bonds. The van der Waals surface area contributed by atoms with Crippen LogP contribution in [0.4, 0.5) is 20.2 Å². The molecule has 0 bridgehead atoms. The number of halogens is 7. The Morgan fingerprint density at radius 3 is 2.08 bits per heavy atom. The van der Waals surface area contributed by atoms with Crippen LogP contribution in [0.5, 0.6) is 0 Å². The molecule has 0 radical (unpaired) electrons. The average Bonchev–Trinajstić information content (AvgIpc) is 3.48. The molecule has 0 atom stereocenters. The number of alkyl halides is 5. The molecular weight excluding hydrogens is 985 g/mol. The number of carboxylic acid groups (broad SMARTS) is 1. The minimum atomic E-state index is -4.10. The third kappa shape index (κ3) is 21.8. The molecule has 2 aromatic carbocycles. The van der Waals surface area contributed by atoms with Crippen molar-refractivity contribution in [1.29, 1.82) is 0 Å². The van der Waals surface area contributed by atoms with Gasteiger partial charge in [-0.1, -0.05) is 83.7 Å². The zero-order valence-electron chi connectivity index (χ0n) is 34.6. The average molecular weight is 1030 g/mol. The van der Waals surface area contributed by atoms with Gasteiger partial charge in [0.1, 0.15) is 18.4 Å². The molecule has 5 N–H and O–H groups in total. The van der Waals surface area contributed by atoms with Crippen LogP contribution in [0, 0.1) is 13.8 Å². The number of aromatic nitrogens is 3. The van der Waals surface area contributed by atoms with Crippen LogP contribution in [-0.2, 0) is 40.1 Å². The fraction of sp³-hybridized carbons (Fsp3) is 0.417. The molecule has 27 heteroatoms. The Bertz CT molecular complexity index is 2220. The highest BCUT2D eigenvalue weighted by atomic mass is 35.5. The molecule has 0 aliphatic rings. The molecule has 0 spiro atoms. The van der Waals surface area contributed by atoms with E-state index >= 15 is 0 Å². The number of nitrogens with zero attached hydrogens (tertiary/aromatic N) is 5. The quantitative estimate of drug-likeness (QED) is 0.0382. The summed E-state index contributed by atoms with van der Waals surface area (Å²) in [4.78, 5) is 63.4. The van der Waals surface area contributed by atoms with E-state index in [4.69, 9.17) is 77.6 Å². The first-order valence-electron chi connectivity index (χ1n) is 17.9. The number of anilines is 2. The Hall–Kier alpha value is -3.60. The van der Waals surface area contributed by atoms with Gasteiger partial charge in [0.15, 0.2) is 4.84 Å². The van der Waals surface area contributed by atoms with Crippen molar-refractivity contribution < 1.29 is 55.8 Å². The van der Waals surface area contributed by atoms with Gasteiger partial charge in [0, 0.05) is 19.7 Å². The Morgan fingerprint density at radius 2 is 1.65 bits per heavy atom. The number of para-hydroxylation sites is 1. The van der Waals surface area contributed by atoms with E-state index in [1.54, 1.807) is 17.1 Å². The smallest absolute Gasteiger partial charge is 0.355 e. The molecule has 3 rings (SSSR count). The molecular formula is C36H49Cl5F2N7O11PS. The number of sulfonamides is 1. The molecule has 0 aliphatic heterocycles. The van der Waals surface area contributed by atoms with E-state index in [2.05, 4.69) is 35.2 Å². The lowest BCUT2D eigenvalue weighted by Gasteiger charge is -2.25. The molecule has 1 heterocycles. The number of nitrogens with one attached hydrogen (secondary N) is 2. The van der Waals surface area contributed by atoms with Crippen LogP contribution in [0.15, 0.2) is 60.4 Å². The van der Waals surface area contributed by atoms with Crippen LogP contribution in [0.2, 0.25) is 10.0 Å². The number of amides is 2. The van der Waals surface area contributed by atoms with E-state index in [9.17, 15) is 40.9 Å². The second-order valence-electron chi connectivity index (χ2n) is 12.3. The number of hydrogen-bond donors (Lipinski definition) is 5. The third-order valence-electron chi connectivity index (χ3n) is 7.34. The Morgan fingerprint density at radius 1 is 1.06 bits per heavy atom. The van der Waals surface area contributed by atoms with Crippen LogP contribution in [0.3, 0.4) is 0 Å². The summed E-state index contributed by atoms with van der Waals surface area (Å²) >= 11 is 28.3. The summed E-state index contributed by atoms with van der Waals surface area (Å²) in [6.07, 6.45) is 4.39. The first-order chi connectivity index (χ1) is 29.2. The number of carbonyl (C=O) groups excluding carboxylic acids is 2. The number of hydrogen-bond acceptors (Lipinski definition) is 10. The summed E-state index contributed by atoms with van der Waals surface area (Å²) in [7, 11) is -7.74. The normalized spacial score (nSPS) is 11.0. The van der Waals surface area contributed by atoms with Gasteiger partial charge in [0.25, 0.3) is 5.91 Å². The third-order valence-corrected chi connectivity index (χ3v) is 9.78. The minimum absolute atomic E-state index is 0.0257. The maximum atomic E-state index is 12.8. The van der Waals surface area contributed by atoms with Gasteiger partial charge in [-0.05, 0) is 50.5 Å². The number of ether oxygens (including phenoxy) is 1. The van der Waals surface area contributed by atoms with Crippen molar-refractivity contribution in [2.45, 2.75) is 45.5 Å². The van der Waals surface area contributed by atoms with Gasteiger partial charge in [0.2, 0.25) is 15.9 Å². The fourth-order valence-electron chi connectivity index (χ4n) is 4.76. The maximum Gasteiger partial charge on any atom is 0.355 e. The van der Waals surface area contributed by atoms with Gasteiger partial charge in [-0.2, -0.15) is 13.5 Å². The second-order valence-corrected chi connectivity index (χ2v) is 17.9. The Kier molecular flexibility index (Phi) is 27.4. The molecule has 3 aromatic rings. The second kappa shape index (κ2) is 29.0. The molecule has 0 saturated carbocycles.